The molecule has 2 aliphatic carbocycles. The Morgan fingerprint density at radius 1 is 1.37 bits per heavy atom. The Hall–Kier alpha value is -1.71. The average molecular weight is 262 g/mol. The topological polar surface area (TPSA) is 71.4 Å². The Labute approximate surface area is 112 Å². The first-order valence-electron chi connectivity index (χ1n) is 6.42. The summed E-state index contributed by atoms with van der Waals surface area (Å²) >= 11 is 0. The van der Waals surface area contributed by atoms with Gasteiger partial charge in [0.15, 0.2) is 0 Å². The number of ketones is 1. The van der Waals surface area contributed by atoms with Gasteiger partial charge in [-0.2, -0.15) is 0 Å². The summed E-state index contributed by atoms with van der Waals surface area (Å²) < 4.78 is 0. The lowest BCUT2D eigenvalue weighted by atomic mass is 9.77. The second kappa shape index (κ2) is 4.44. The van der Waals surface area contributed by atoms with Gasteiger partial charge in [-0.25, -0.2) is 4.79 Å². The molecular weight excluding hydrogens is 244 g/mol. The maximum atomic E-state index is 11.8. The van der Waals surface area contributed by atoms with Crippen molar-refractivity contribution in [2.75, 3.05) is 0 Å². The highest BCUT2D eigenvalue weighted by atomic mass is 16.4. The summed E-state index contributed by atoms with van der Waals surface area (Å²) in [6.07, 6.45) is 4.26. The second-order valence-electron chi connectivity index (χ2n) is 6.27. The van der Waals surface area contributed by atoms with E-state index in [4.69, 9.17) is 5.11 Å². The van der Waals surface area contributed by atoms with Crippen LogP contribution in [0.15, 0.2) is 22.8 Å². The molecule has 1 saturated carbocycles. The van der Waals surface area contributed by atoms with E-state index >= 15 is 0 Å². The molecule has 2 aliphatic rings. The largest absolute Gasteiger partial charge is 0.475 e. The van der Waals surface area contributed by atoms with Gasteiger partial charge in [-0.05, 0) is 37.0 Å². The highest BCUT2D eigenvalue weighted by molar-refractivity contribution is 6.42. The summed E-state index contributed by atoms with van der Waals surface area (Å²) in [4.78, 5) is 33.8. The molecule has 0 aromatic carbocycles. The number of Topliss-reactive ketones (excluding diaryl/α,β-unsaturated/α-hetero) is 1. The van der Waals surface area contributed by atoms with E-state index in [1.54, 1.807) is 13.0 Å². The monoisotopic (exact) mass is 262 g/mol. The highest BCUT2D eigenvalue weighted by Gasteiger charge is 2.43. The lowest BCUT2D eigenvalue weighted by molar-refractivity contribution is -0.147. The minimum atomic E-state index is -1.50. The summed E-state index contributed by atoms with van der Waals surface area (Å²) in [6.45, 7) is 6.10. The van der Waals surface area contributed by atoms with Gasteiger partial charge in [0.25, 0.3) is 5.78 Å². The Morgan fingerprint density at radius 3 is 2.53 bits per heavy atom. The molecule has 0 radical (unpaired) electrons. The van der Waals surface area contributed by atoms with Gasteiger partial charge < -0.3 is 5.11 Å². The molecular formula is C15H18O4. The summed E-state index contributed by atoms with van der Waals surface area (Å²) in [5.74, 6) is -2.06. The van der Waals surface area contributed by atoms with Gasteiger partial charge in [-0.15, -0.1) is 0 Å². The minimum Gasteiger partial charge on any atom is -0.475 e. The summed E-state index contributed by atoms with van der Waals surface area (Å²) in [5.41, 5.74) is 1.25. The quantitative estimate of drug-likeness (QED) is 0.625. The van der Waals surface area contributed by atoms with Gasteiger partial charge in [0.2, 0.25) is 0 Å². The molecule has 0 aromatic heterocycles. The van der Waals surface area contributed by atoms with E-state index in [9.17, 15) is 14.4 Å². The molecule has 0 amide bonds. The molecule has 2 atom stereocenters. The van der Waals surface area contributed by atoms with Gasteiger partial charge in [0.05, 0.1) is 0 Å². The van der Waals surface area contributed by atoms with Gasteiger partial charge in [-0.3, -0.25) is 9.59 Å². The first kappa shape index (κ1) is 13.7. The summed E-state index contributed by atoms with van der Waals surface area (Å²) in [6, 6.07) is 0. The van der Waals surface area contributed by atoms with E-state index in [0.29, 0.717) is 6.29 Å². The highest BCUT2D eigenvalue weighted by Crippen LogP contribution is 2.51. The fourth-order valence-corrected chi connectivity index (χ4v) is 3.50. The van der Waals surface area contributed by atoms with Gasteiger partial charge in [-0.1, -0.05) is 25.5 Å². The van der Waals surface area contributed by atoms with E-state index < -0.39 is 11.8 Å². The van der Waals surface area contributed by atoms with Gasteiger partial charge >= 0.3 is 5.97 Å². The lowest BCUT2D eigenvalue weighted by Gasteiger charge is -2.25. The number of rotatable bonds is 3. The van der Waals surface area contributed by atoms with E-state index in [1.165, 1.54) is 0 Å². The molecule has 1 N–H and O–H groups in total. The van der Waals surface area contributed by atoms with Crippen molar-refractivity contribution in [3.05, 3.63) is 22.8 Å². The summed E-state index contributed by atoms with van der Waals surface area (Å²) in [7, 11) is 0. The SMILES string of the molecule is CC1=C(C(=O)C(=O)O)C(C=O)=CC2CC(C)(C)C[C@H]12. The van der Waals surface area contributed by atoms with Crippen molar-refractivity contribution in [1.82, 2.24) is 0 Å². The van der Waals surface area contributed by atoms with Crippen LogP contribution in [-0.4, -0.2) is 23.1 Å². The Kier molecular flexibility index (Phi) is 3.20. The number of aldehydes is 1. The first-order valence-corrected chi connectivity index (χ1v) is 6.42. The van der Waals surface area contributed by atoms with Crippen LogP contribution < -0.4 is 0 Å². The smallest absolute Gasteiger partial charge is 0.377 e. The van der Waals surface area contributed by atoms with E-state index in [-0.39, 0.29) is 28.4 Å². The number of fused-ring (bicyclic) bond motifs is 1. The number of carboxylic acids is 1. The van der Waals surface area contributed by atoms with Crippen molar-refractivity contribution in [2.45, 2.75) is 33.6 Å². The average Bonchev–Trinajstić information content (AvgIpc) is 2.62. The van der Waals surface area contributed by atoms with Crippen LogP contribution in [0.4, 0.5) is 0 Å². The van der Waals surface area contributed by atoms with Gasteiger partial charge in [0, 0.05) is 11.1 Å². The second-order valence-corrected chi connectivity index (χ2v) is 6.27. The normalized spacial score (nSPS) is 28.7. The minimum absolute atomic E-state index is 0.0986. The Bertz CT molecular complexity index is 522. The van der Waals surface area contributed by atoms with Crippen molar-refractivity contribution >= 4 is 18.0 Å². The zero-order valence-corrected chi connectivity index (χ0v) is 11.4. The van der Waals surface area contributed by atoms with Crippen LogP contribution in [0.3, 0.4) is 0 Å². The van der Waals surface area contributed by atoms with Crippen LogP contribution in [0.1, 0.15) is 33.6 Å². The number of carbonyl (C=O) groups is 3. The van der Waals surface area contributed by atoms with E-state index in [2.05, 4.69) is 13.8 Å². The Morgan fingerprint density at radius 2 is 2.00 bits per heavy atom. The number of hydrogen-bond donors (Lipinski definition) is 1. The van der Waals surface area contributed by atoms with Crippen molar-refractivity contribution in [3.63, 3.8) is 0 Å². The fraction of sp³-hybridized carbons (Fsp3) is 0.533. The Balaban J connectivity index is 2.49. The van der Waals surface area contributed by atoms with Crippen molar-refractivity contribution < 1.29 is 19.5 Å². The van der Waals surface area contributed by atoms with Crippen molar-refractivity contribution in [1.29, 1.82) is 0 Å². The zero-order chi connectivity index (χ0) is 14.4. The van der Waals surface area contributed by atoms with Crippen LogP contribution in [0.25, 0.3) is 0 Å². The standard InChI is InChI=1S/C15H18O4/c1-8-11-6-15(2,3)5-9(11)4-10(7-16)12(8)13(17)14(18)19/h4,7,9,11H,5-6H2,1-3H3,(H,18,19)/t9?,11-/m1/s1. The number of allylic oxidation sites excluding steroid dienone is 3. The fourth-order valence-electron chi connectivity index (χ4n) is 3.50. The molecule has 0 spiro atoms. The molecule has 4 nitrogen and oxygen atoms in total. The third kappa shape index (κ3) is 2.27. The van der Waals surface area contributed by atoms with Crippen molar-refractivity contribution in [2.24, 2.45) is 17.3 Å². The first-order chi connectivity index (χ1) is 8.76. The number of carboxylic acid groups (broad SMARTS) is 1. The molecule has 2 rings (SSSR count). The third-order valence-corrected chi connectivity index (χ3v) is 4.26. The maximum absolute atomic E-state index is 11.8. The molecule has 0 aromatic rings. The molecule has 1 unspecified atom stereocenters. The van der Waals surface area contributed by atoms with Crippen LogP contribution >= 0.6 is 0 Å². The molecule has 1 fully saturated rings. The molecule has 0 aliphatic heterocycles. The molecule has 0 saturated heterocycles. The molecule has 4 heteroatoms. The van der Waals surface area contributed by atoms with Crippen LogP contribution in [-0.2, 0) is 14.4 Å². The maximum Gasteiger partial charge on any atom is 0.377 e. The molecule has 0 heterocycles. The zero-order valence-electron chi connectivity index (χ0n) is 11.4. The number of carbonyl (C=O) groups excluding carboxylic acids is 2. The van der Waals surface area contributed by atoms with Gasteiger partial charge in [0.1, 0.15) is 6.29 Å². The van der Waals surface area contributed by atoms with E-state index in [1.807, 2.05) is 0 Å². The lowest BCUT2D eigenvalue weighted by Crippen LogP contribution is -2.25. The molecule has 102 valence electrons. The predicted molar refractivity (Wildman–Crippen MR) is 69.5 cm³/mol. The molecule has 19 heavy (non-hydrogen) atoms. The number of aliphatic carboxylic acids is 1. The third-order valence-electron chi connectivity index (χ3n) is 4.26. The van der Waals surface area contributed by atoms with Crippen LogP contribution in [0, 0.1) is 17.3 Å². The summed E-state index contributed by atoms with van der Waals surface area (Å²) in [5, 5.41) is 8.88. The van der Waals surface area contributed by atoms with Crippen molar-refractivity contribution in [3.8, 4) is 0 Å². The number of hydrogen-bond acceptors (Lipinski definition) is 3. The molecule has 0 bridgehead atoms. The predicted octanol–water partition coefficient (Wildman–Crippen LogP) is 2.15. The van der Waals surface area contributed by atoms with E-state index in [0.717, 1.165) is 18.4 Å². The van der Waals surface area contributed by atoms with Crippen LogP contribution in [0.2, 0.25) is 0 Å². The van der Waals surface area contributed by atoms with Crippen LogP contribution in [0.5, 0.6) is 0 Å².